The molecule has 15 heavy (non-hydrogen) atoms. The average Bonchev–Trinajstić information content (AvgIpc) is 2.61. The van der Waals surface area contributed by atoms with E-state index in [1.54, 1.807) is 0 Å². The zero-order valence-electron chi connectivity index (χ0n) is 9.49. The van der Waals surface area contributed by atoms with Crippen molar-refractivity contribution >= 4 is 0 Å². The van der Waals surface area contributed by atoms with Gasteiger partial charge in [-0.3, -0.25) is 4.68 Å². The van der Waals surface area contributed by atoms with Crippen molar-refractivity contribution in [3.8, 4) is 0 Å². The smallest absolute Gasteiger partial charge is 0.0991 e. The molecule has 4 heteroatoms. The molecule has 1 fully saturated rings. The summed E-state index contributed by atoms with van der Waals surface area (Å²) in [7, 11) is 3.93. The van der Waals surface area contributed by atoms with Crippen LogP contribution in [-0.2, 0) is 18.3 Å². The molecule has 1 saturated heterocycles. The average molecular weight is 209 g/mol. The van der Waals surface area contributed by atoms with Gasteiger partial charge in [0.1, 0.15) is 0 Å². The lowest BCUT2D eigenvalue weighted by atomic mass is 10.1. The maximum absolute atomic E-state index is 5.76. The van der Waals surface area contributed by atoms with Crippen molar-refractivity contribution in [3.05, 3.63) is 17.5 Å². The van der Waals surface area contributed by atoms with Crippen LogP contribution in [0.1, 0.15) is 36.8 Å². The van der Waals surface area contributed by atoms with E-state index >= 15 is 0 Å². The van der Waals surface area contributed by atoms with E-state index in [4.69, 9.17) is 4.74 Å². The van der Waals surface area contributed by atoms with Crippen molar-refractivity contribution in [2.75, 3.05) is 13.7 Å². The lowest BCUT2D eigenvalue weighted by Gasteiger charge is -2.22. The van der Waals surface area contributed by atoms with E-state index in [1.807, 2.05) is 18.8 Å². The number of nitrogens with one attached hydrogen (secondary N) is 1. The van der Waals surface area contributed by atoms with Gasteiger partial charge in [0.15, 0.2) is 0 Å². The van der Waals surface area contributed by atoms with Crippen LogP contribution < -0.4 is 5.32 Å². The molecule has 2 rings (SSSR count). The predicted molar refractivity (Wildman–Crippen MR) is 58.5 cm³/mol. The van der Waals surface area contributed by atoms with Crippen LogP contribution in [0.15, 0.2) is 6.07 Å². The van der Waals surface area contributed by atoms with Gasteiger partial charge in [0.05, 0.1) is 17.5 Å². The van der Waals surface area contributed by atoms with Crippen molar-refractivity contribution in [3.63, 3.8) is 0 Å². The molecule has 0 spiro atoms. The Morgan fingerprint density at radius 3 is 3.13 bits per heavy atom. The summed E-state index contributed by atoms with van der Waals surface area (Å²) in [6.07, 6.45) is 3.83. The normalized spacial score (nSPS) is 21.9. The minimum atomic E-state index is 0.252. The molecule has 1 aromatic rings. The van der Waals surface area contributed by atoms with E-state index in [-0.39, 0.29) is 6.10 Å². The maximum atomic E-state index is 5.76. The van der Waals surface area contributed by atoms with Crippen LogP contribution in [0.25, 0.3) is 0 Å². The Labute approximate surface area is 90.6 Å². The molecule has 1 aromatic heterocycles. The van der Waals surface area contributed by atoms with E-state index in [9.17, 15) is 0 Å². The number of hydrogen-bond donors (Lipinski definition) is 1. The molecule has 1 aliphatic rings. The van der Waals surface area contributed by atoms with E-state index in [1.165, 1.54) is 18.5 Å². The molecule has 2 heterocycles. The molecule has 0 aromatic carbocycles. The van der Waals surface area contributed by atoms with Gasteiger partial charge in [0, 0.05) is 20.2 Å². The van der Waals surface area contributed by atoms with Crippen LogP contribution in [0.5, 0.6) is 0 Å². The van der Waals surface area contributed by atoms with Crippen molar-refractivity contribution in [1.82, 2.24) is 15.1 Å². The molecule has 4 nitrogen and oxygen atoms in total. The Morgan fingerprint density at radius 1 is 1.60 bits per heavy atom. The fraction of sp³-hybridized carbons (Fsp3) is 0.727. The molecule has 1 N–H and O–H groups in total. The van der Waals surface area contributed by atoms with Gasteiger partial charge < -0.3 is 10.1 Å². The highest BCUT2D eigenvalue weighted by atomic mass is 16.5. The number of rotatable bonds is 3. The van der Waals surface area contributed by atoms with Crippen molar-refractivity contribution in [1.29, 1.82) is 0 Å². The molecule has 0 radical (unpaired) electrons. The van der Waals surface area contributed by atoms with Gasteiger partial charge in [-0.15, -0.1) is 0 Å². The highest BCUT2D eigenvalue weighted by Crippen LogP contribution is 2.27. The molecule has 0 saturated carbocycles. The van der Waals surface area contributed by atoms with Crippen LogP contribution in [0.3, 0.4) is 0 Å². The van der Waals surface area contributed by atoms with Gasteiger partial charge >= 0.3 is 0 Å². The Balaban J connectivity index is 2.11. The van der Waals surface area contributed by atoms with Gasteiger partial charge in [-0.25, -0.2) is 0 Å². The van der Waals surface area contributed by atoms with Crippen LogP contribution >= 0.6 is 0 Å². The van der Waals surface area contributed by atoms with Gasteiger partial charge in [-0.2, -0.15) is 5.10 Å². The monoisotopic (exact) mass is 209 g/mol. The Kier molecular flexibility index (Phi) is 3.38. The Bertz CT molecular complexity index is 316. The quantitative estimate of drug-likeness (QED) is 0.817. The summed E-state index contributed by atoms with van der Waals surface area (Å²) >= 11 is 0. The number of nitrogens with zero attached hydrogens (tertiary/aromatic N) is 2. The van der Waals surface area contributed by atoms with Crippen molar-refractivity contribution in [2.24, 2.45) is 7.05 Å². The van der Waals surface area contributed by atoms with Crippen LogP contribution in [-0.4, -0.2) is 23.4 Å². The molecule has 1 unspecified atom stereocenters. The summed E-state index contributed by atoms with van der Waals surface area (Å²) in [5, 5.41) is 7.56. The van der Waals surface area contributed by atoms with E-state index in [0.29, 0.717) is 0 Å². The summed E-state index contributed by atoms with van der Waals surface area (Å²) in [6, 6.07) is 2.15. The Morgan fingerprint density at radius 2 is 2.47 bits per heavy atom. The summed E-state index contributed by atoms with van der Waals surface area (Å²) < 4.78 is 7.70. The highest BCUT2D eigenvalue weighted by molar-refractivity contribution is 5.13. The number of hydrogen-bond acceptors (Lipinski definition) is 3. The van der Waals surface area contributed by atoms with Crippen molar-refractivity contribution in [2.45, 2.75) is 31.9 Å². The first-order valence-electron chi connectivity index (χ1n) is 5.60. The topological polar surface area (TPSA) is 39.1 Å². The second kappa shape index (κ2) is 4.77. The van der Waals surface area contributed by atoms with E-state index in [2.05, 4.69) is 16.5 Å². The largest absolute Gasteiger partial charge is 0.372 e. The number of aryl methyl sites for hydroxylation is 1. The van der Waals surface area contributed by atoms with Gasteiger partial charge in [0.2, 0.25) is 0 Å². The highest BCUT2D eigenvalue weighted by Gasteiger charge is 2.19. The fourth-order valence-corrected chi connectivity index (χ4v) is 2.09. The summed E-state index contributed by atoms with van der Waals surface area (Å²) in [5.41, 5.74) is 2.30. The van der Waals surface area contributed by atoms with Crippen LogP contribution in [0.4, 0.5) is 0 Å². The zero-order chi connectivity index (χ0) is 10.7. The molecule has 0 aliphatic carbocycles. The SMILES string of the molecule is CNCc1cc(C2CCCCO2)n(C)n1. The van der Waals surface area contributed by atoms with Crippen LogP contribution in [0, 0.1) is 0 Å². The van der Waals surface area contributed by atoms with Gasteiger partial charge in [0.25, 0.3) is 0 Å². The lowest BCUT2D eigenvalue weighted by Crippen LogP contribution is -2.14. The lowest BCUT2D eigenvalue weighted by molar-refractivity contribution is 0.0101. The second-order valence-electron chi connectivity index (χ2n) is 4.07. The minimum absolute atomic E-state index is 0.252. The van der Waals surface area contributed by atoms with Gasteiger partial charge in [-0.05, 0) is 32.4 Å². The summed E-state index contributed by atoms with van der Waals surface area (Å²) in [6.45, 7) is 1.71. The number of aromatic nitrogens is 2. The zero-order valence-corrected chi connectivity index (χ0v) is 9.49. The molecule has 0 amide bonds. The first kappa shape index (κ1) is 10.6. The predicted octanol–water partition coefficient (Wildman–Crippen LogP) is 1.38. The minimum Gasteiger partial charge on any atom is -0.372 e. The third kappa shape index (κ3) is 2.38. The first-order chi connectivity index (χ1) is 7.31. The van der Waals surface area contributed by atoms with Crippen molar-refractivity contribution < 1.29 is 4.74 Å². The summed E-state index contributed by atoms with van der Waals surface area (Å²) in [4.78, 5) is 0. The third-order valence-corrected chi connectivity index (χ3v) is 2.83. The van der Waals surface area contributed by atoms with Gasteiger partial charge in [-0.1, -0.05) is 0 Å². The molecule has 1 aliphatic heterocycles. The standard InChI is InChI=1S/C11H19N3O/c1-12-8-9-7-10(14(2)13-9)11-5-3-4-6-15-11/h7,11-12H,3-6,8H2,1-2H3. The maximum Gasteiger partial charge on any atom is 0.0991 e. The number of ether oxygens (including phenoxy) is 1. The molecule has 1 atom stereocenters. The van der Waals surface area contributed by atoms with E-state index < -0.39 is 0 Å². The molecular formula is C11H19N3O. The Hall–Kier alpha value is -0.870. The molecular weight excluding hydrogens is 190 g/mol. The molecule has 0 bridgehead atoms. The fourth-order valence-electron chi connectivity index (χ4n) is 2.09. The third-order valence-electron chi connectivity index (χ3n) is 2.83. The molecule has 84 valence electrons. The van der Waals surface area contributed by atoms with E-state index in [0.717, 1.165) is 25.3 Å². The first-order valence-corrected chi connectivity index (χ1v) is 5.60. The van der Waals surface area contributed by atoms with Crippen LogP contribution in [0.2, 0.25) is 0 Å². The summed E-state index contributed by atoms with van der Waals surface area (Å²) in [5.74, 6) is 0. The second-order valence-corrected chi connectivity index (χ2v) is 4.07.